The fraction of sp³-hybridized carbons (Fsp3) is 0.158. The van der Waals surface area contributed by atoms with Crippen LogP contribution in [-0.4, -0.2) is 30.2 Å². The number of rotatable bonds is 6. The molecule has 0 fully saturated rings. The summed E-state index contributed by atoms with van der Waals surface area (Å²) in [5.41, 5.74) is 4.12. The van der Waals surface area contributed by atoms with Crippen LogP contribution in [0.3, 0.4) is 0 Å². The summed E-state index contributed by atoms with van der Waals surface area (Å²) in [7, 11) is 0. The van der Waals surface area contributed by atoms with Crippen molar-refractivity contribution in [2.75, 3.05) is 0 Å². The molecular weight excluding hydrogens is 344 g/mol. The summed E-state index contributed by atoms with van der Waals surface area (Å²) in [6.45, 7) is 0.635. The molecule has 0 bridgehead atoms. The number of nitrogens with zero attached hydrogens (tertiary/aromatic N) is 5. The first-order valence-corrected chi connectivity index (χ1v) is 8.92. The summed E-state index contributed by atoms with van der Waals surface area (Å²) in [6, 6.07) is 20.4. The molecule has 2 heterocycles. The van der Waals surface area contributed by atoms with Crippen molar-refractivity contribution in [1.82, 2.24) is 30.2 Å². The van der Waals surface area contributed by atoms with Gasteiger partial charge >= 0.3 is 0 Å². The van der Waals surface area contributed by atoms with Gasteiger partial charge in [-0.15, -0.1) is 10.2 Å². The van der Waals surface area contributed by atoms with Crippen molar-refractivity contribution in [2.24, 2.45) is 0 Å². The molecule has 26 heavy (non-hydrogen) atoms. The van der Waals surface area contributed by atoms with Crippen LogP contribution in [0.25, 0.3) is 22.5 Å². The lowest BCUT2D eigenvalue weighted by Crippen LogP contribution is -2.06. The van der Waals surface area contributed by atoms with Crippen LogP contribution in [0.15, 0.2) is 67.0 Å². The van der Waals surface area contributed by atoms with Crippen LogP contribution in [0.1, 0.15) is 17.5 Å². The molecule has 1 atom stereocenters. The van der Waals surface area contributed by atoms with Gasteiger partial charge in [0, 0.05) is 11.1 Å². The Morgan fingerprint density at radius 1 is 0.962 bits per heavy atom. The van der Waals surface area contributed by atoms with Gasteiger partial charge in [0.2, 0.25) is 0 Å². The van der Waals surface area contributed by atoms with E-state index in [1.165, 1.54) is 6.33 Å². The molecule has 0 saturated carbocycles. The Hall–Kier alpha value is -2.93. The summed E-state index contributed by atoms with van der Waals surface area (Å²) in [5.74, 6) is 0.839. The molecule has 0 radical (unpaired) electrons. The van der Waals surface area contributed by atoms with Crippen molar-refractivity contribution in [3.8, 4) is 22.5 Å². The second-order valence-corrected chi connectivity index (χ2v) is 6.54. The van der Waals surface area contributed by atoms with E-state index in [-0.39, 0.29) is 5.25 Å². The van der Waals surface area contributed by atoms with E-state index in [9.17, 15) is 0 Å². The third-order valence-corrected chi connectivity index (χ3v) is 4.64. The van der Waals surface area contributed by atoms with Gasteiger partial charge in [-0.1, -0.05) is 60.7 Å². The smallest absolute Gasteiger partial charge is 0.162 e. The highest BCUT2D eigenvalue weighted by Crippen LogP contribution is 2.33. The van der Waals surface area contributed by atoms with Crippen molar-refractivity contribution < 1.29 is 0 Å². The maximum absolute atomic E-state index is 4.86. The van der Waals surface area contributed by atoms with Gasteiger partial charge in [-0.2, -0.15) is 17.4 Å². The average molecular weight is 362 g/mol. The molecule has 1 unspecified atom stereocenters. The minimum absolute atomic E-state index is 0.0547. The molecule has 130 valence electrons. The van der Waals surface area contributed by atoms with Gasteiger partial charge in [0.1, 0.15) is 5.82 Å². The predicted octanol–water partition coefficient (Wildman–Crippen LogP) is 3.79. The molecule has 7 heteroatoms. The summed E-state index contributed by atoms with van der Waals surface area (Å²) >= 11 is 4.73. The van der Waals surface area contributed by atoms with Gasteiger partial charge in [0.05, 0.1) is 23.2 Å². The first kappa shape index (κ1) is 16.5. The van der Waals surface area contributed by atoms with Crippen molar-refractivity contribution >= 4 is 12.6 Å². The first-order chi connectivity index (χ1) is 12.8. The monoisotopic (exact) mass is 362 g/mol. The van der Waals surface area contributed by atoms with Crippen LogP contribution < -0.4 is 0 Å². The van der Waals surface area contributed by atoms with Gasteiger partial charge in [-0.3, -0.25) is 0 Å². The Bertz CT molecular complexity index is 893. The number of aryl methyl sites for hydroxylation is 1. The molecule has 4 rings (SSSR count). The zero-order chi connectivity index (χ0) is 17.8. The lowest BCUT2D eigenvalue weighted by Gasteiger charge is -2.06. The molecule has 0 aliphatic rings. The molecule has 1 N–H and O–H groups in total. The molecule has 0 aliphatic carbocycles. The Balaban J connectivity index is 1.67. The molecule has 4 aromatic rings. The maximum atomic E-state index is 4.86. The van der Waals surface area contributed by atoms with Gasteiger partial charge in [0.15, 0.2) is 6.33 Å². The van der Waals surface area contributed by atoms with Crippen LogP contribution in [0, 0.1) is 0 Å². The molecule has 6 nitrogen and oxygen atoms in total. The van der Waals surface area contributed by atoms with Crippen molar-refractivity contribution in [3.05, 3.63) is 72.8 Å². The standard InChI is InChI=1S/C19H18N6S/c26-16(11-12-25-21-13-20-24-25)19-22-17(14-7-3-1-4-8-14)18(23-19)15-9-5-2-6-10-15/h1-10,13,16,26H,11-12H2,(H,22,23). The van der Waals surface area contributed by atoms with Crippen LogP contribution in [0.2, 0.25) is 0 Å². The molecule has 0 saturated heterocycles. The number of H-pyrrole nitrogens is 1. The predicted molar refractivity (Wildman–Crippen MR) is 104 cm³/mol. The maximum Gasteiger partial charge on any atom is 0.162 e. The van der Waals surface area contributed by atoms with E-state index in [4.69, 9.17) is 17.6 Å². The second kappa shape index (κ2) is 7.53. The quantitative estimate of drug-likeness (QED) is 0.512. The zero-order valence-corrected chi connectivity index (χ0v) is 14.9. The van der Waals surface area contributed by atoms with Crippen LogP contribution in [-0.2, 0) is 6.54 Å². The van der Waals surface area contributed by atoms with E-state index in [1.54, 1.807) is 4.80 Å². The first-order valence-electron chi connectivity index (χ1n) is 8.41. The second-order valence-electron chi connectivity index (χ2n) is 5.91. The molecule has 0 amide bonds. The van der Waals surface area contributed by atoms with Gasteiger partial charge < -0.3 is 4.98 Å². The summed E-state index contributed by atoms with van der Waals surface area (Å²) in [6.07, 6.45) is 2.18. The number of imidazole rings is 1. The Kier molecular flexibility index (Phi) is 4.79. The molecule has 0 spiro atoms. The Morgan fingerprint density at radius 3 is 2.31 bits per heavy atom. The number of hydrogen-bond acceptors (Lipinski definition) is 5. The number of thiol groups is 1. The number of tetrazole rings is 1. The highest BCUT2D eigenvalue weighted by Gasteiger charge is 2.18. The van der Waals surface area contributed by atoms with E-state index in [0.29, 0.717) is 6.54 Å². The molecular formula is C19H18N6S. The van der Waals surface area contributed by atoms with Gasteiger partial charge in [0.25, 0.3) is 0 Å². The number of hydrogen-bond donors (Lipinski definition) is 2. The highest BCUT2D eigenvalue weighted by molar-refractivity contribution is 7.80. The van der Waals surface area contributed by atoms with E-state index in [2.05, 4.69) is 44.7 Å². The topological polar surface area (TPSA) is 72.3 Å². The fourth-order valence-corrected chi connectivity index (χ4v) is 3.07. The van der Waals surface area contributed by atoms with E-state index in [1.807, 2.05) is 36.4 Å². The molecule has 2 aromatic heterocycles. The van der Waals surface area contributed by atoms with Crippen LogP contribution >= 0.6 is 12.6 Å². The summed E-state index contributed by atoms with van der Waals surface area (Å²) in [5, 5.41) is 11.6. The normalized spacial score (nSPS) is 12.2. The molecule has 2 aromatic carbocycles. The number of nitrogens with one attached hydrogen (secondary N) is 1. The van der Waals surface area contributed by atoms with E-state index >= 15 is 0 Å². The lowest BCUT2D eigenvalue weighted by molar-refractivity contribution is 0.494. The summed E-state index contributed by atoms with van der Waals surface area (Å²) in [4.78, 5) is 9.89. The zero-order valence-electron chi connectivity index (χ0n) is 14.0. The Labute approximate surface area is 156 Å². The van der Waals surface area contributed by atoms with Crippen LogP contribution in [0.5, 0.6) is 0 Å². The number of aromatic nitrogens is 6. The fourth-order valence-electron chi connectivity index (χ4n) is 2.83. The van der Waals surface area contributed by atoms with Crippen molar-refractivity contribution in [3.63, 3.8) is 0 Å². The van der Waals surface area contributed by atoms with Gasteiger partial charge in [-0.05, 0) is 11.6 Å². The largest absolute Gasteiger partial charge is 0.341 e. The third kappa shape index (κ3) is 3.52. The van der Waals surface area contributed by atoms with Crippen LogP contribution in [0.4, 0.5) is 0 Å². The third-order valence-electron chi connectivity index (χ3n) is 4.14. The number of benzene rings is 2. The number of aromatic amines is 1. The van der Waals surface area contributed by atoms with Crippen molar-refractivity contribution in [2.45, 2.75) is 18.2 Å². The average Bonchev–Trinajstić information content (AvgIpc) is 3.37. The van der Waals surface area contributed by atoms with E-state index < -0.39 is 0 Å². The molecule has 0 aliphatic heterocycles. The minimum atomic E-state index is -0.0547. The SMILES string of the molecule is SC(CCn1ncnn1)c1nc(-c2ccccc2)c(-c2ccccc2)[nH]1. The van der Waals surface area contributed by atoms with Crippen molar-refractivity contribution in [1.29, 1.82) is 0 Å². The minimum Gasteiger partial charge on any atom is -0.341 e. The summed E-state index contributed by atoms with van der Waals surface area (Å²) < 4.78 is 0. The lowest BCUT2D eigenvalue weighted by atomic mass is 10.1. The highest BCUT2D eigenvalue weighted by atomic mass is 32.1. The van der Waals surface area contributed by atoms with E-state index in [0.717, 1.165) is 34.8 Å². The van der Waals surface area contributed by atoms with Gasteiger partial charge in [-0.25, -0.2) is 4.98 Å². The Morgan fingerprint density at radius 2 is 1.65 bits per heavy atom.